The van der Waals surface area contributed by atoms with E-state index in [1.54, 1.807) is 4.98 Å². The summed E-state index contributed by atoms with van der Waals surface area (Å²) in [7, 11) is 0. The van der Waals surface area contributed by atoms with E-state index < -0.39 is 47.0 Å². The summed E-state index contributed by atoms with van der Waals surface area (Å²) in [4.78, 5) is 26.5. The lowest BCUT2D eigenvalue weighted by Crippen LogP contribution is -2.39. The molecule has 10 heteroatoms. The van der Waals surface area contributed by atoms with Crippen LogP contribution in [0, 0.1) is 0 Å². The van der Waals surface area contributed by atoms with Crippen molar-refractivity contribution in [1.82, 2.24) is 9.55 Å². The molecular formula is C36H31F3N2O5. The van der Waals surface area contributed by atoms with Crippen LogP contribution in [0.5, 0.6) is 0 Å². The van der Waals surface area contributed by atoms with Gasteiger partial charge in [0.1, 0.15) is 23.5 Å². The highest BCUT2D eigenvalue weighted by Gasteiger charge is 2.43. The summed E-state index contributed by atoms with van der Waals surface area (Å²) in [5, 5.41) is 0. The van der Waals surface area contributed by atoms with Crippen LogP contribution in [-0.2, 0) is 32.6 Å². The molecule has 4 aromatic carbocycles. The number of benzene rings is 4. The first-order valence-electron chi connectivity index (χ1n) is 14.8. The maximum Gasteiger partial charge on any atom is 0.423 e. The largest absolute Gasteiger partial charge is 0.423 e. The number of alkyl halides is 3. The predicted molar refractivity (Wildman–Crippen MR) is 165 cm³/mol. The molecule has 1 aliphatic heterocycles. The molecule has 236 valence electrons. The minimum absolute atomic E-state index is 0.0408. The summed E-state index contributed by atoms with van der Waals surface area (Å²) in [5.41, 5.74) is -1.65. The van der Waals surface area contributed by atoms with E-state index in [-0.39, 0.29) is 19.6 Å². The fourth-order valence-corrected chi connectivity index (χ4v) is 5.85. The van der Waals surface area contributed by atoms with Crippen LogP contribution in [-0.4, -0.2) is 28.4 Å². The Hall–Kier alpha value is -4.77. The maximum atomic E-state index is 13.6. The van der Waals surface area contributed by atoms with Crippen LogP contribution < -0.4 is 11.2 Å². The van der Waals surface area contributed by atoms with Gasteiger partial charge in [0.15, 0.2) is 0 Å². The molecule has 1 aromatic heterocycles. The van der Waals surface area contributed by atoms with E-state index in [2.05, 4.69) is 0 Å². The van der Waals surface area contributed by atoms with E-state index in [1.807, 2.05) is 121 Å². The second-order valence-corrected chi connectivity index (χ2v) is 11.0. The van der Waals surface area contributed by atoms with Crippen molar-refractivity contribution >= 4 is 0 Å². The molecule has 2 heterocycles. The lowest BCUT2D eigenvalue weighted by molar-refractivity contribution is -0.140. The summed E-state index contributed by atoms with van der Waals surface area (Å²) in [6, 6.07) is 38.6. The van der Waals surface area contributed by atoms with Crippen molar-refractivity contribution in [2.24, 2.45) is 0 Å². The fraction of sp³-hybridized carbons (Fsp3) is 0.222. The Morgan fingerprint density at radius 1 is 0.761 bits per heavy atom. The zero-order chi connectivity index (χ0) is 32.1. The van der Waals surface area contributed by atoms with Gasteiger partial charge in [-0.25, -0.2) is 4.79 Å². The van der Waals surface area contributed by atoms with Crippen LogP contribution in [0.1, 0.15) is 40.5 Å². The maximum absolute atomic E-state index is 13.6. The molecule has 0 aliphatic carbocycles. The molecule has 0 saturated carbocycles. The zero-order valence-corrected chi connectivity index (χ0v) is 24.6. The Morgan fingerprint density at radius 2 is 1.26 bits per heavy atom. The lowest BCUT2D eigenvalue weighted by atomic mass is 9.80. The highest BCUT2D eigenvalue weighted by molar-refractivity contribution is 5.47. The van der Waals surface area contributed by atoms with Gasteiger partial charge in [-0.05, 0) is 22.3 Å². The number of hydrogen-bond donors (Lipinski definition) is 1. The first kappa shape index (κ1) is 31.2. The molecule has 5 aromatic rings. The van der Waals surface area contributed by atoms with Gasteiger partial charge >= 0.3 is 11.9 Å². The number of ether oxygens (including phenoxy) is 3. The average Bonchev–Trinajstić information content (AvgIpc) is 3.48. The van der Waals surface area contributed by atoms with Gasteiger partial charge in [0.2, 0.25) is 0 Å². The molecule has 0 unspecified atom stereocenters. The minimum atomic E-state index is -4.96. The molecule has 1 aliphatic rings. The third-order valence-electron chi connectivity index (χ3n) is 8.08. The van der Waals surface area contributed by atoms with Crippen molar-refractivity contribution in [3.63, 3.8) is 0 Å². The second kappa shape index (κ2) is 13.3. The SMILES string of the molecule is O=c1[nH]c(=O)n([C@H]2C[C@H](OCc3ccccc3)[C@@H](COC(c3ccccc3)(c3ccccc3)c3ccccc3)O2)cc1C(F)(F)F. The van der Waals surface area contributed by atoms with Crippen molar-refractivity contribution in [2.45, 2.75) is 43.2 Å². The van der Waals surface area contributed by atoms with Crippen LogP contribution >= 0.6 is 0 Å². The van der Waals surface area contributed by atoms with Gasteiger partial charge in [0.05, 0.1) is 19.3 Å². The molecule has 3 atom stereocenters. The summed E-state index contributed by atoms with van der Waals surface area (Å²) >= 11 is 0. The third kappa shape index (κ3) is 6.46. The molecule has 1 fully saturated rings. The van der Waals surface area contributed by atoms with Crippen molar-refractivity contribution in [2.75, 3.05) is 6.61 Å². The normalized spacial score (nSPS) is 18.5. The fourth-order valence-electron chi connectivity index (χ4n) is 5.85. The van der Waals surface area contributed by atoms with E-state index in [4.69, 9.17) is 14.2 Å². The first-order valence-corrected chi connectivity index (χ1v) is 14.8. The molecule has 6 rings (SSSR count). The molecule has 1 N–H and O–H groups in total. The van der Waals surface area contributed by atoms with Gasteiger partial charge in [-0.15, -0.1) is 0 Å². The van der Waals surface area contributed by atoms with Crippen molar-refractivity contribution < 1.29 is 27.4 Å². The van der Waals surface area contributed by atoms with Crippen LogP contribution in [0.2, 0.25) is 0 Å². The quantitative estimate of drug-likeness (QED) is 0.180. The number of H-pyrrole nitrogens is 1. The summed E-state index contributed by atoms with van der Waals surface area (Å²) in [6.45, 7) is 0.159. The molecule has 0 radical (unpaired) electrons. The van der Waals surface area contributed by atoms with Crippen LogP contribution in [0.4, 0.5) is 13.2 Å². The van der Waals surface area contributed by atoms with Gasteiger partial charge in [0, 0.05) is 12.6 Å². The molecule has 46 heavy (non-hydrogen) atoms. The highest BCUT2D eigenvalue weighted by atomic mass is 19.4. The Bertz CT molecular complexity index is 1750. The minimum Gasteiger partial charge on any atom is -0.371 e. The molecule has 0 amide bonds. The second-order valence-electron chi connectivity index (χ2n) is 11.0. The van der Waals surface area contributed by atoms with Crippen LogP contribution in [0.25, 0.3) is 0 Å². The van der Waals surface area contributed by atoms with Crippen LogP contribution in [0.15, 0.2) is 137 Å². The Kier molecular flexibility index (Phi) is 9.03. The molecule has 1 saturated heterocycles. The predicted octanol–water partition coefficient (Wildman–Crippen LogP) is 6.44. The number of nitrogens with one attached hydrogen (secondary N) is 1. The van der Waals surface area contributed by atoms with Gasteiger partial charge in [-0.1, -0.05) is 121 Å². The molecular weight excluding hydrogens is 597 g/mol. The molecule has 0 bridgehead atoms. The number of aromatic nitrogens is 2. The van der Waals surface area contributed by atoms with E-state index >= 15 is 0 Å². The molecule has 7 nitrogen and oxygen atoms in total. The van der Waals surface area contributed by atoms with Gasteiger partial charge in [-0.3, -0.25) is 14.3 Å². The van der Waals surface area contributed by atoms with Crippen molar-refractivity contribution in [3.8, 4) is 0 Å². The van der Waals surface area contributed by atoms with Crippen molar-refractivity contribution in [3.05, 3.63) is 176 Å². The Balaban J connectivity index is 1.38. The van der Waals surface area contributed by atoms with E-state index in [1.165, 1.54) is 0 Å². The van der Waals surface area contributed by atoms with Crippen molar-refractivity contribution in [1.29, 1.82) is 0 Å². The Labute approximate surface area is 262 Å². The number of halogens is 3. The third-order valence-corrected chi connectivity index (χ3v) is 8.08. The number of hydrogen-bond acceptors (Lipinski definition) is 5. The van der Waals surface area contributed by atoms with E-state index in [9.17, 15) is 22.8 Å². The highest BCUT2D eigenvalue weighted by Crippen LogP contribution is 2.42. The summed E-state index contributed by atoms with van der Waals surface area (Å²) in [5.74, 6) is 0. The lowest BCUT2D eigenvalue weighted by Gasteiger charge is -2.37. The van der Waals surface area contributed by atoms with E-state index in [0.717, 1.165) is 26.8 Å². The number of rotatable bonds is 10. The topological polar surface area (TPSA) is 82.6 Å². The summed E-state index contributed by atoms with van der Waals surface area (Å²) in [6.07, 6.45) is -7.03. The smallest absolute Gasteiger partial charge is 0.371 e. The monoisotopic (exact) mass is 628 g/mol. The van der Waals surface area contributed by atoms with Crippen LogP contribution in [0.3, 0.4) is 0 Å². The zero-order valence-electron chi connectivity index (χ0n) is 24.6. The standard InChI is InChI=1S/C36H31F3N2O5/c37-36(38,39)29-22-41(34(43)40-33(29)42)32-21-30(44-23-25-13-5-1-6-14-25)31(46-32)24-45-35(26-15-7-2-8-16-26,27-17-9-3-10-18-27)28-19-11-4-12-20-28/h1-20,22,30-32H,21,23-24H2,(H,40,42,43)/t30-,31+,32+/m0/s1. The first-order chi connectivity index (χ1) is 22.3. The average molecular weight is 629 g/mol. The van der Waals surface area contributed by atoms with E-state index in [0.29, 0.717) is 6.20 Å². The Morgan fingerprint density at radius 3 is 1.76 bits per heavy atom. The summed E-state index contributed by atoms with van der Waals surface area (Å²) < 4.78 is 61.1. The van der Waals surface area contributed by atoms with Gasteiger partial charge in [-0.2, -0.15) is 13.2 Å². The van der Waals surface area contributed by atoms with Gasteiger partial charge < -0.3 is 14.2 Å². The molecule has 0 spiro atoms. The number of nitrogens with zero attached hydrogens (tertiary/aromatic N) is 1. The van der Waals surface area contributed by atoms with Gasteiger partial charge in [0.25, 0.3) is 5.56 Å². The number of aromatic amines is 1.